The Morgan fingerprint density at radius 3 is 2.63 bits per heavy atom. The van der Waals surface area contributed by atoms with Gasteiger partial charge in [-0.1, -0.05) is 24.3 Å². The molecule has 0 unspecified atom stereocenters. The smallest absolute Gasteiger partial charge is 0.131 e. The van der Waals surface area contributed by atoms with E-state index in [4.69, 9.17) is 4.74 Å². The number of aliphatic hydroxyl groups is 1. The topological polar surface area (TPSA) is 53.8 Å². The zero-order valence-corrected chi connectivity index (χ0v) is 16.6. The second-order valence-corrected chi connectivity index (χ2v) is 7.92. The third kappa shape index (κ3) is 3.49. The summed E-state index contributed by atoms with van der Waals surface area (Å²) in [4.78, 5) is 4.74. The van der Waals surface area contributed by atoms with Crippen molar-refractivity contribution in [3.8, 4) is 0 Å². The molecule has 0 amide bonds. The van der Waals surface area contributed by atoms with Crippen molar-refractivity contribution >= 4 is 5.82 Å². The van der Waals surface area contributed by atoms with Crippen molar-refractivity contribution in [2.24, 2.45) is 7.05 Å². The molecule has 2 aliphatic rings. The van der Waals surface area contributed by atoms with Crippen molar-refractivity contribution in [3.63, 3.8) is 0 Å². The summed E-state index contributed by atoms with van der Waals surface area (Å²) < 4.78 is 7.51. The van der Waals surface area contributed by atoms with Gasteiger partial charge in [-0.15, -0.1) is 0 Å². The zero-order chi connectivity index (χ0) is 19.0. The Morgan fingerprint density at radius 2 is 1.89 bits per heavy atom. The third-order valence-corrected chi connectivity index (χ3v) is 5.98. The summed E-state index contributed by atoms with van der Waals surface area (Å²) in [6.07, 6.45) is 0.768. The number of anilines is 1. The molecule has 0 aliphatic carbocycles. The van der Waals surface area contributed by atoms with Gasteiger partial charge in [-0.25, -0.2) is 0 Å². The predicted octanol–water partition coefficient (Wildman–Crippen LogP) is 1.97. The van der Waals surface area contributed by atoms with Crippen LogP contribution in [0, 0.1) is 13.8 Å². The van der Waals surface area contributed by atoms with E-state index >= 15 is 0 Å². The standard InChI is InChI=1S/C21H30N4O2/c1-16-6-4-5-7-19(16)21(26)8-9-24(15-21)14-18-17(2)22-23(3)20(18)25-10-12-27-13-11-25/h4-7,26H,8-15H2,1-3H3/t21-/m0/s1. The molecule has 1 N–H and O–H groups in total. The summed E-state index contributed by atoms with van der Waals surface area (Å²) >= 11 is 0. The molecular formula is C21H30N4O2. The molecule has 0 radical (unpaired) electrons. The molecule has 146 valence electrons. The molecule has 1 aromatic carbocycles. The number of aromatic nitrogens is 2. The number of rotatable bonds is 4. The van der Waals surface area contributed by atoms with E-state index in [1.165, 1.54) is 11.4 Å². The van der Waals surface area contributed by atoms with Gasteiger partial charge in [-0.3, -0.25) is 9.58 Å². The van der Waals surface area contributed by atoms with E-state index in [1.54, 1.807) is 0 Å². The molecule has 2 saturated heterocycles. The van der Waals surface area contributed by atoms with Crippen LogP contribution in [0.1, 0.15) is 28.8 Å². The maximum atomic E-state index is 11.3. The molecule has 0 saturated carbocycles. The first-order valence-corrected chi connectivity index (χ1v) is 9.84. The van der Waals surface area contributed by atoms with Crippen molar-refractivity contribution in [1.29, 1.82) is 0 Å². The van der Waals surface area contributed by atoms with Crippen LogP contribution in [0.2, 0.25) is 0 Å². The average Bonchev–Trinajstić information content (AvgIpc) is 3.16. The lowest BCUT2D eigenvalue weighted by molar-refractivity contribution is 0.0446. The highest BCUT2D eigenvalue weighted by molar-refractivity contribution is 5.50. The molecule has 2 aromatic rings. The van der Waals surface area contributed by atoms with Crippen LogP contribution >= 0.6 is 0 Å². The number of aryl methyl sites for hydroxylation is 3. The van der Waals surface area contributed by atoms with Crippen LogP contribution in [0.3, 0.4) is 0 Å². The lowest BCUT2D eigenvalue weighted by Gasteiger charge is -2.30. The summed E-state index contributed by atoms with van der Waals surface area (Å²) in [6, 6.07) is 8.19. The third-order valence-electron chi connectivity index (χ3n) is 5.98. The normalized spacial score (nSPS) is 23.9. The Morgan fingerprint density at radius 1 is 1.15 bits per heavy atom. The van der Waals surface area contributed by atoms with Crippen molar-refractivity contribution in [3.05, 3.63) is 46.6 Å². The molecule has 1 aromatic heterocycles. The summed E-state index contributed by atoms with van der Waals surface area (Å²) in [5.41, 5.74) is 3.80. The van der Waals surface area contributed by atoms with Gasteiger partial charge in [0, 0.05) is 45.3 Å². The molecule has 2 aliphatic heterocycles. The highest BCUT2D eigenvalue weighted by Gasteiger charge is 2.39. The number of ether oxygens (including phenoxy) is 1. The van der Waals surface area contributed by atoms with Crippen LogP contribution < -0.4 is 4.90 Å². The number of nitrogens with zero attached hydrogens (tertiary/aromatic N) is 4. The molecule has 0 bridgehead atoms. The monoisotopic (exact) mass is 370 g/mol. The van der Waals surface area contributed by atoms with Gasteiger partial charge in [0.05, 0.1) is 18.9 Å². The summed E-state index contributed by atoms with van der Waals surface area (Å²) in [5, 5.41) is 16.0. The van der Waals surface area contributed by atoms with Crippen LogP contribution in [-0.4, -0.2) is 59.2 Å². The lowest BCUT2D eigenvalue weighted by Crippen LogP contribution is -2.38. The molecule has 6 heteroatoms. The van der Waals surface area contributed by atoms with Crippen LogP contribution in [-0.2, 0) is 23.9 Å². The Hall–Kier alpha value is -1.89. The first-order chi connectivity index (χ1) is 13.0. The van der Waals surface area contributed by atoms with E-state index in [2.05, 4.69) is 40.9 Å². The molecule has 3 heterocycles. The number of hydrogen-bond acceptors (Lipinski definition) is 5. The van der Waals surface area contributed by atoms with E-state index in [-0.39, 0.29) is 0 Å². The van der Waals surface area contributed by atoms with Crippen molar-refractivity contribution in [1.82, 2.24) is 14.7 Å². The lowest BCUT2D eigenvalue weighted by atomic mass is 9.89. The van der Waals surface area contributed by atoms with Gasteiger partial charge in [0.1, 0.15) is 11.4 Å². The number of benzene rings is 1. The van der Waals surface area contributed by atoms with Crippen molar-refractivity contribution in [2.75, 3.05) is 44.3 Å². The maximum Gasteiger partial charge on any atom is 0.131 e. The van der Waals surface area contributed by atoms with E-state index in [9.17, 15) is 5.11 Å². The van der Waals surface area contributed by atoms with E-state index < -0.39 is 5.60 Å². The van der Waals surface area contributed by atoms with Crippen LogP contribution in [0.5, 0.6) is 0 Å². The van der Waals surface area contributed by atoms with Crippen LogP contribution in [0.25, 0.3) is 0 Å². The van der Waals surface area contributed by atoms with Gasteiger partial charge in [0.15, 0.2) is 0 Å². The summed E-state index contributed by atoms with van der Waals surface area (Å²) in [7, 11) is 2.02. The highest BCUT2D eigenvalue weighted by atomic mass is 16.5. The van der Waals surface area contributed by atoms with Crippen LogP contribution in [0.4, 0.5) is 5.82 Å². The van der Waals surface area contributed by atoms with E-state index in [1.807, 2.05) is 23.9 Å². The van der Waals surface area contributed by atoms with Gasteiger partial charge < -0.3 is 14.7 Å². The first kappa shape index (κ1) is 18.5. The minimum absolute atomic E-state index is 0.661. The SMILES string of the molecule is Cc1ccccc1[C@]1(O)CCN(Cc2c(C)nn(C)c2N2CCOCC2)C1. The zero-order valence-electron chi connectivity index (χ0n) is 16.6. The van der Waals surface area contributed by atoms with Crippen LogP contribution in [0.15, 0.2) is 24.3 Å². The van der Waals surface area contributed by atoms with Gasteiger partial charge >= 0.3 is 0 Å². The van der Waals surface area contributed by atoms with Crippen molar-refractivity contribution in [2.45, 2.75) is 32.4 Å². The summed E-state index contributed by atoms with van der Waals surface area (Å²) in [6.45, 7) is 9.87. The fraction of sp³-hybridized carbons (Fsp3) is 0.571. The summed E-state index contributed by atoms with van der Waals surface area (Å²) in [5.74, 6) is 1.20. The molecular weight excluding hydrogens is 340 g/mol. The van der Waals surface area contributed by atoms with Crippen molar-refractivity contribution < 1.29 is 9.84 Å². The van der Waals surface area contributed by atoms with E-state index in [0.717, 1.165) is 62.6 Å². The average molecular weight is 370 g/mol. The Balaban J connectivity index is 1.55. The quantitative estimate of drug-likeness (QED) is 0.892. The van der Waals surface area contributed by atoms with E-state index in [0.29, 0.717) is 6.54 Å². The predicted molar refractivity (Wildman–Crippen MR) is 106 cm³/mol. The second-order valence-electron chi connectivity index (χ2n) is 7.92. The maximum absolute atomic E-state index is 11.3. The molecule has 4 rings (SSSR count). The molecule has 1 atom stereocenters. The van der Waals surface area contributed by atoms with Gasteiger partial charge in [0.2, 0.25) is 0 Å². The number of morpholine rings is 1. The van der Waals surface area contributed by atoms with Gasteiger partial charge in [-0.05, 0) is 31.4 Å². The molecule has 2 fully saturated rings. The fourth-order valence-electron chi connectivity index (χ4n) is 4.59. The molecule has 27 heavy (non-hydrogen) atoms. The number of β-amino-alcohol motifs (C(OH)–C–C–N with tert-alkyl or cyclic N) is 1. The number of hydrogen-bond donors (Lipinski definition) is 1. The fourth-order valence-corrected chi connectivity index (χ4v) is 4.59. The largest absolute Gasteiger partial charge is 0.384 e. The second kappa shape index (κ2) is 7.26. The first-order valence-electron chi connectivity index (χ1n) is 9.84. The Kier molecular flexibility index (Phi) is 4.97. The molecule has 6 nitrogen and oxygen atoms in total. The minimum Gasteiger partial charge on any atom is -0.384 e. The molecule has 0 spiro atoms. The minimum atomic E-state index is -0.763. The Bertz CT molecular complexity index is 813. The number of likely N-dealkylation sites (tertiary alicyclic amines) is 1. The van der Waals surface area contributed by atoms with Gasteiger partial charge in [-0.2, -0.15) is 5.10 Å². The highest BCUT2D eigenvalue weighted by Crippen LogP contribution is 2.35. The van der Waals surface area contributed by atoms with Gasteiger partial charge in [0.25, 0.3) is 0 Å². The Labute approximate surface area is 161 Å².